The van der Waals surface area contributed by atoms with Crippen LogP contribution in [-0.2, 0) is 47.9 Å². The van der Waals surface area contributed by atoms with Gasteiger partial charge >= 0.3 is 47.9 Å². The van der Waals surface area contributed by atoms with Crippen LogP contribution in [0.3, 0.4) is 0 Å². The van der Waals surface area contributed by atoms with Crippen molar-refractivity contribution in [3.05, 3.63) is 0 Å². The Bertz CT molecular complexity index is 53.8. The second-order valence-corrected chi connectivity index (χ2v) is 3.15. The Kier molecular flexibility index (Phi) is 71.1. The first kappa shape index (κ1) is 36.0. The summed E-state index contributed by atoms with van der Waals surface area (Å²) >= 11 is 0. The molecule has 0 aliphatic heterocycles. The van der Waals surface area contributed by atoms with Crippen molar-refractivity contribution in [1.82, 2.24) is 0 Å². The Balaban J connectivity index is -0.0000000184. The van der Waals surface area contributed by atoms with Crippen LogP contribution in [0, 0.1) is 0 Å². The Hall–Kier alpha value is 1.77. The average Bonchev–Trinajstić information content (AvgIpc) is 1.54. The third kappa shape index (κ3) is 957. The van der Waals surface area contributed by atoms with E-state index in [-0.39, 0.29) is 60.3 Å². The fourth-order valence-electron chi connectivity index (χ4n) is 0. The molecule has 3 nitrogen and oxygen atoms in total. The van der Waals surface area contributed by atoms with Crippen molar-refractivity contribution in [1.29, 1.82) is 0 Å². The summed E-state index contributed by atoms with van der Waals surface area (Å²) < 4.78 is 0. The average molecular weight is 352 g/mol. The van der Waals surface area contributed by atoms with E-state index in [4.69, 9.17) is 0 Å². The normalized spacial score (nSPS) is 7.20. The van der Waals surface area contributed by atoms with Gasteiger partial charge in [-0.2, -0.15) is 0 Å². The molecule has 0 aromatic carbocycles. The van der Waals surface area contributed by atoms with Crippen LogP contribution in [0.2, 0.25) is 0 Å². The van der Waals surface area contributed by atoms with E-state index in [1.54, 1.807) is 41.5 Å². The summed E-state index contributed by atoms with van der Waals surface area (Å²) in [6, 6.07) is 0. The van der Waals surface area contributed by atoms with E-state index in [0.717, 1.165) is 0 Å². The summed E-state index contributed by atoms with van der Waals surface area (Å²) in [5, 5.41) is 28.6. The fraction of sp³-hybridized carbons (Fsp3) is 1.00. The third-order valence-electron chi connectivity index (χ3n) is 0. The molecular formula is C9H21ClO3TiZr+4. The first-order valence-electron chi connectivity index (χ1n) is 4.17. The van der Waals surface area contributed by atoms with Gasteiger partial charge in [-0.1, -0.05) is 41.5 Å². The molecule has 86 valence electrons. The maximum atomic E-state index is 9.53. The van der Waals surface area contributed by atoms with E-state index >= 15 is 0 Å². The molecule has 0 aliphatic carbocycles. The minimum absolute atomic E-state index is 0. The van der Waals surface area contributed by atoms with Crippen molar-refractivity contribution in [2.45, 2.75) is 59.9 Å². The minimum atomic E-state index is -0.417. The van der Waals surface area contributed by atoms with Crippen LogP contribution < -0.4 is 27.7 Å². The monoisotopic (exact) mass is 350 g/mol. The van der Waals surface area contributed by atoms with E-state index in [9.17, 15) is 15.3 Å². The molecule has 0 saturated carbocycles. The van der Waals surface area contributed by atoms with Crippen molar-refractivity contribution in [2.75, 3.05) is 0 Å². The summed E-state index contributed by atoms with van der Waals surface area (Å²) in [5.74, 6) is 0. The predicted octanol–water partition coefficient (Wildman–Crippen LogP) is -3.74. The van der Waals surface area contributed by atoms with Crippen LogP contribution in [0.25, 0.3) is 0 Å². The molecule has 0 aliphatic rings. The Morgan fingerprint density at radius 3 is 0.600 bits per heavy atom. The first-order valence-corrected chi connectivity index (χ1v) is 4.17. The Labute approximate surface area is 134 Å². The van der Waals surface area contributed by atoms with Crippen LogP contribution in [0.5, 0.6) is 0 Å². The molecule has 0 rings (SSSR count). The molecule has 0 N–H and O–H groups in total. The minimum Gasteiger partial charge on any atom is -1.00 e. The van der Waals surface area contributed by atoms with Crippen LogP contribution in [-0.4, -0.2) is 18.3 Å². The zero-order valence-electron chi connectivity index (χ0n) is 10.3. The molecular weight excluding hydrogens is 331 g/mol. The van der Waals surface area contributed by atoms with Gasteiger partial charge in [-0.25, -0.2) is 0 Å². The van der Waals surface area contributed by atoms with Crippen molar-refractivity contribution in [3.8, 4) is 0 Å². The Morgan fingerprint density at radius 2 is 0.600 bits per heavy atom. The molecule has 0 spiro atoms. The van der Waals surface area contributed by atoms with Gasteiger partial charge in [0.2, 0.25) is 0 Å². The fourth-order valence-corrected chi connectivity index (χ4v) is 0. The summed E-state index contributed by atoms with van der Waals surface area (Å²) in [6.45, 7) is 9.67. The SMILES string of the molecule is CC(C)[O-].CC(C)[O-].CC(C)[O-].[Cl-].[Ti+4].[Zr+4]. The predicted molar refractivity (Wildman–Crippen MR) is 45.4 cm³/mol. The quantitative estimate of drug-likeness (QED) is 0.421. The van der Waals surface area contributed by atoms with E-state index in [2.05, 4.69) is 0 Å². The molecule has 0 radical (unpaired) electrons. The first-order chi connectivity index (χ1) is 5.20. The van der Waals surface area contributed by atoms with Gasteiger partial charge in [-0.05, 0) is 0 Å². The zero-order chi connectivity index (χ0) is 10.7. The zero-order valence-corrected chi connectivity index (χ0v) is 15.1. The number of rotatable bonds is 0. The standard InChI is InChI=1S/3C3H7O.ClH.Ti.Zr/c3*1-3(2)4;;;/h3*3H,1-2H3;1H;;/q3*-1;;2*+4/p-1. The molecule has 0 bridgehead atoms. The summed E-state index contributed by atoms with van der Waals surface area (Å²) in [4.78, 5) is 0. The van der Waals surface area contributed by atoms with Gasteiger partial charge in [0, 0.05) is 0 Å². The molecule has 0 heterocycles. The van der Waals surface area contributed by atoms with Crippen molar-refractivity contribution in [3.63, 3.8) is 0 Å². The second-order valence-electron chi connectivity index (χ2n) is 3.15. The second kappa shape index (κ2) is 29.7. The maximum absolute atomic E-state index is 9.53. The Morgan fingerprint density at radius 1 is 0.600 bits per heavy atom. The largest absolute Gasteiger partial charge is 4.00 e. The number of hydrogen-bond acceptors (Lipinski definition) is 3. The van der Waals surface area contributed by atoms with Gasteiger partial charge in [0.1, 0.15) is 0 Å². The maximum Gasteiger partial charge on any atom is 4.00 e. The van der Waals surface area contributed by atoms with E-state index in [1.165, 1.54) is 0 Å². The molecule has 0 fully saturated rings. The van der Waals surface area contributed by atoms with Crippen LogP contribution in [0.4, 0.5) is 0 Å². The topological polar surface area (TPSA) is 69.2 Å². The van der Waals surface area contributed by atoms with Gasteiger partial charge in [-0.15, -0.1) is 18.3 Å². The summed E-state index contributed by atoms with van der Waals surface area (Å²) in [7, 11) is 0. The summed E-state index contributed by atoms with van der Waals surface area (Å²) in [6.07, 6.45) is -1.25. The van der Waals surface area contributed by atoms with E-state index in [0.29, 0.717) is 0 Å². The molecule has 15 heavy (non-hydrogen) atoms. The summed E-state index contributed by atoms with van der Waals surface area (Å²) in [5.41, 5.74) is 0. The van der Waals surface area contributed by atoms with Gasteiger partial charge < -0.3 is 27.7 Å². The molecule has 0 aromatic heterocycles. The van der Waals surface area contributed by atoms with Gasteiger partial charge in [0.05, 0.1) is 0 Å². The van der Waals surface area contributed by atoms with Crippen LogP contribution in [0.1, 0.15) is 41.5 Å². The van der Waals surface area contributed by atoms with Crippen molar-refractivity contribution < 1.29 is 75.6 Å². The van der Waals surface area contributed by atoms with E-state index in [1.807, 2.05) is 0 Å². The number of halogens is 1. The molecule has 6 heteroatoms. The smallest absolute Gasteiger partial charge is 1.00 e. The molecule has 0 aromatic rings. The van der Waals surface area contributed by atoms with Crippen molar-refractivity contribution in [2.24, 2.45) is 0 Å². The van der Waals surface area contributed by atoms with Crippen LogP contribution in [0.15, 0.2) is 0 Å². The van der Waals surface area contributed by atoms with Gasteiger partial charge in [0.25, 0.3) is 0 Å². The molecule has 0 atom stereocenters. The number of hydrogen-bond donors (Lipinski definition) is 0. The van der Waals surface area contributed by atoms with Gasteiger partial charge in [-0.3, -0.25) is 0 Å². The molecule has 0 saturated heterocycles. The molecule has 0 amide bonds. The third-order valence-corrected chi connectivity index (χ3v) is 0. The van der Waals surface area contributed by atoms with Crippen molar-refractivity contribution >= 4 is 0 Å². The molecule has 0 unspecified atom stereocenters. The van der Waals surface area contributed by atoms with Crippen LogP contribution >= 0.6 is 0 Å². The van der Waals surface area contributed by atoms with Gasteiger partial charge in [0.15, 0.2) is 0 Å². The van der Waals surface area contributed by atoms with E-state index < -0.39 is 18.3 Å².